The molecule has 3 heterocycles. The number of ether oxygens (including phenoxy) is 1. The van der Waals surface area contributed by atoms with Crippen LogP contribution in [0.5, 0.6) is 5.75 Å². The number of aromatic nitrogens is 2. The summed E-state index contributed by atoms with van der Waals surface area (Å²) in [6, 6.07) is 22.9. The molecular weight excluding hydrogens is 452 g/mol. The van der Waals surface area contributed by atoms with Gasteiger partial charge in [-0.3, -0.25) is 9.59 Å². The van der Waals surface area contributed by atoms with Crippen LogP contribution in [0.4, 0.5) is 5.69 Å². The normalized spacial score (nSPS) is 14.3. The molecule has 1 N–H and O–H groups in total. The van der Waals surface area contributed by atoms with Crippen molar-refractivity contribution in [3.63, 3.8) is 0 Å². The third kappa shape index (κ3) is 5.81. The zero-order valence-corrected chi connectivity index (χ0v) is 19.9. The minimum Gasteiger partial charge on any atom is -0.487 e. The lowest BCUT2D eigenvalue weighted by molar-refractivity contribution is -0.130. The zero-order valence-electron chi connectivity index (χ0n) is 19.9. The van der Waals surface area contributed by atoms with Crippen LogP contribution >= 0.6 is 0 Å². The van der Waals surface area contributed by atoms with Crippen molar-refractivity contribution in [2.24, 2.45) is 5.92 Å². The van der Waals surface area contributed by atoms with Crippen molar-refractivity contribution in [1.29, 1.82) is 0 Å². The van der Waals surface area contributed by atoms with Gasteiger partial charge in [-0.15, -0.1) is 0 Å². The molecule has 0 unspecified atom stereocenters. The second kappa shape index (κ2) is 10.9. The second-order valence-corrected chi connectivity index (χ2v) is 8.84. The highest BCUT2D eigenvalue weighted by molar-refractivity contribution is 5.94. The molecule has 36 heavy (non-hydrogen) atoms. The lowest BCUT2D eigenvalue weighted by Gasteiger charge is -2.30. The molecule has 0 spiro atoms. The summed E-state index contributed by atoms with van der Waals surface area (Å²) in [5, 5.41) is 2.96. The van der Waals surface area contributed by atoms with Crippen molar-refractivity contribution in [3.8, 4) is 5.75 Å². The van der Waals surface area contributed by atoms with Gasteiger partial charge in [0.25, 0.3) is 0 Å². The van der Waals surface area contributed by atoms with Crippen molar-refractivity contribution in [2.45, 2.75) is 19.4 Å². The van der Waals surface area contributed by atoms with Crippen LogP contribution in [0.1, 0.15) is 24.1 Å². The molecule has 7 heteroatoms. The number of rotatable bonds is 7. The SMILES string of the molecule is O=C(Nc1ccccc1)C1CCN(C(=O)C=Cc2ccc(OCc3cn4ccccc4n3)cc2)CC1. The molecule has 2 aromatic carbocycles. The number of fused-ring (bicyclic) bond motifs is 1. The molecule has 1 fully saturated rings. The highest BCUT2D eigenvalue weighted by Crippen LogP contribution is 2.20. The summed E-state index contributed by atoms with van der Waals surface area (Å²) in [4.78, 5) is 31.5. The Morgan fingerprint density at radius 2 is 1.72 bits per heavy atom. The Labute approximate surface area is 210 Å². The van der Waals surface area contributed by atoms with Crippen molar-refractivity contribution in [2.75, 3.05) is 18.4 Å². The van der Waals surface area contributed by atoms with Crippen molar-refractivity contribution < 1.29 is 14.3 Å². The average molecular weight is 481 g/mol. The summed E-state index contributed by atoms with van der Waals surface area (Å²) >= 11 is 0. The topological polar surface area (TPSA) is 75.9 Å². The predicted octanol–water partition coefficient (Wildman–Crippen LogP) is 4.80. The van der Waals surface area contributed by atoms with Crippen LogP contribution in [0, 0.1) is 5.92 Å². The van der Waals surface area contributed by atoms with Gasteiger partial charge >= 0.3 is 0 Å². The van der Waals surface area contributed by atoms with Crippen LogP contribution in [0.15, 0.2) is 91.3 Å². The molecule has 1 aliphatic rings. The number of hydrogen-bond acceptors (Lipinski definition) is 4. The first-order chi connectivity index (χ1) is 17.6. The summed E-state index contributed by atoms with van der Waals surface area (Å²) < 4.78 is 7.82. The Balaban J connectivity index is 1.08. The number of para-hydroxylation sites is 1. The largest absolute Gasteiger partial charge is 0.487 e. The van der Waals surface area contributed by atoms with Gasteiger partial charge in [0, 0.05) is 43.2 Å². The Morgan fingerprint density at radius 1 is 0.972 bits per heavy atom. The van der Waals surface area contributed by atoms with E-state index >= 15 is 0 Å². The zero-order chi connectivity index (χ0) is 24.7. The maximum Gasteiger partial charge on any atom is 0.246 e. The smallest absolute Gasteiger partial charge is 0.246 e. The molecular formula is C29H28N4O3. The van der Waals surface area contributed by atoms with Gasteiger partial charge in [-0.2, -0.15) is 0 Å². The van der Waals surface area contributed by atoms with Crippen LogP contribution in [0.25, 0.3) is 11.7 Å². The molecule has 0 bridgehead atoms. The number of imidazole rings is 1. The van der Waals surface area contributed by atoms with Crippen LogP contribution < -0.4 is 10.1 Å². The summed E-state index contributed by atoms with van der Waals surface area (Å²) in [7, 11) is 0. The van der Waals surface area contributed by atoms with Crippen LogP contribution in [0.2, 0.25) is 0 Å². The lowest BCUT2D eigenvalue weighted by Crippen LogP contribution is -2.40. The molecule has 2 amide bonds. The Kier molecular flexibility index (Phi) is 7.07. The molecule has 5 rings (SSSR count). The van der Waals surface area contributed by atoms with Crippen LogP contribution in [0.3, 0.4) is 0 Å². The number of piperidine rings is 1. The number of amides is 2. The third-order valence-electron chi connectivity index (χ3n) is 6.32. The number of benzene rings is 2. The number of anilines is 1. The fourth-order valence-corrected chi connectivity index (χ4v) is 4.29. The van der Waals surface area contributed by atoms with Gasteiger partial charge in [0.1, 0.15) is 18.0 Å². The highest BCUT2D eigenvalue weighted by Gasteiger charge is 2.26. The van der Waals surface area contributed by atoms with Gasteiger partial charge in [0.15, 0.2) is 0 Å². The average Bonchev–Trinajstić information content (AvgIpc) is 3.35. The van der Waals surface area contributed by atoms with E-state index in [1.807, 2.05) is 95.7 Å². The number of likely N-dealkylation sites (tertiary alicyclic amines) is 1. The maximum atomic E-state index is 12.6. The third-order valence-corrected chi connectivity index (χ3v) is 6.32. The van der Waals surface area contributed by atoms with Crippen molar-refractivity contribution in [3.05, 3.63) is 103 Å². The van der Waals surface area contributed by atoms with Crippen LogP contribution in [-0.4, -0.2) is 39.2 Å². The van der Waals surface area contributed by atoms with Crippen molar-refractivity contribution >= 4 is 29.2 Å². The highest BCUT2D eigenvalue weighted by atomic mass is 16.5. The maximum absolute atomic E-state index is 12.6. The number of pyridine rings is 1. The molecule has 0 atom stereocenters. The van der Waals surface area contributed by atoms with Crippen molar-refractivity contribution in [1.82, 2.24) is 14.3 Å². The van der Waals surface area contributed by atoms with Crippen LogP contribution in [-0.2, 0) is 16.2 Å². The minimum atomic E-state index is -0.0775. The van der Waals surface area contributed by atoms with Gasteiger partial charge in [-0.1, -0.05) is 36.4 Å². The number of carbonyl (C=O) groups excluding carboxylic acids is 2. The molecule has 2 aromatic heterocycles. The van der Waals surface area contributed by atoms with E-state index in [-0.39, 0.29) is 17.7 Å². The summed E-state index contributed by atoms with van der Waals surface area (Å²) in [6.07, 6.45) is 8.64. The van der Waals surface area contributed by atoms with E-state index in [9.17, 15) is 9.59 Å². The quantitative estimate of drug-likeness (QED) is 0.386. The first-order valence-electron chi connectivity index (χ1n) is 12.1. The van der Waals surface area contributed by atoms with E-state index in [2.05, 4.69) is 10.3 Å². The van der Waals surface area contributed by atoms with E-state index in [0.717, 1.165) is 28.3 Å². The molecule has 0 radical (unpaired) electrons. The molecule has 7 nitrogen and oxygen atoms in total. The number of hydrogen-bond donors (Lipinski definition) is 1. The van der Waals surface area contributed by atoms with Gasteiger partial charge < -0.3 is 19.4 Å². The van der Waals surface area contributed by atoms with E-state index in [0.29, 0.717) is 32.5 Å². The summed E-state index contributed by atoms with van der Waals surface area (Å²) in [5.74, 6) is 0.647. The Morgan fingerprint density at radius 3 is 2.47 bits per heavy atom. The first-order valence-corrected chi connectivity index (χ1v) is 12.1. The fraction of sp³-hybridized carbons (Fsp3) is 0.207. The monoisotopic (exact) mass is 480 g/mol. The molecule has 4 aromatic rings. The fourth-order valence-electron chi connectivity index (χ4n) is 4.29. The molecule has 182 valence electrons. The van der Waals surface area contributed by atoms with Gasteiger partial charge in [0.2, 0.25) is 11.8 Å². The van der Waals surface area contributed by atoms with E-state index in [1.54, 1.807) is 11.0 Å². The van der Waals surface area contributed by atoms with Gasteiger partial charge in [-0.05, 0) is 60.9 Å². The standard InChI is InChI=1S/C29H28N4O3/c34-28(32-18-15-23(16-19-32)29(35)31-24-6-2-1-3-7-24)14-11-22-9-12-26(13-10-22)36-21-25-20-33-17-5-4-8-27(33)30-25/h1-14,17,20,23H,15-16,18-19,21H2,(H,31,35). The van der Waals surface area contributed by atoms with E-state index in [1.165, 1.54) is 0 Å². The first kappa shape index (κ1) is 23.4. The van der Waals surface area contributed by atoms with E-state index < -0.39 is 0 Å². The summed E-state index contributed by atoms with van der Waals surface area (Å²) in [6.45, 7) is 1.53. The molecule has 1 aliphatic heterocycles. The number of carbonyl (C=O) groups is 2. The number of nitrogens with one attached hydrogen (secondary N) is 1. The molecule has 0 saturated carbocycles. The minimum absolute atomic E-state index is 0.0207. The molecule has 0 aliphatic carbocycles. The Bertz CT molecular complexity index is 1320. The summed E-state index contributed by atoms with van der Waals surface area (Å²) in [5.41, 5.74) is 3.47. The second-order valence-electron chi connectivity index (χ2n) is 8.84. The lowest BCUT2D eigenvalue weighted by atomic mass is 9.95. The van der Waals surface area contributed by atoms with E-state index in [4.69, 9.17) is 4.74 Å². The predicted molar refractivity (Wildman–Crippen MR) is 139 cm³/mol. The number of nitrogens with zero attached hydrogens (tertiary/aromatic N) is 3. The molecule has 1 saturated heterocycles. The van der Waals surface area contributed by atoms with Gasteiger partial charge in [0.05, 0.1) is 5.69 Å². The van der Waals surface area contributed by atoms with Gasteiger partial charge in [-0.25, -0.2) is 4.98 Å². The Hall–Kier alpha value is -4.39.